The van der Waals surface area contributed by atoms with Crippen LogP contribution in [0.15, 0.2) is 18.2 Å². The second-order valence-corrected chi connectivity index (χ2v) is 3.95. The van der Waals surface area contributed by atoms with E-state index in [1.54, 1.807) is 13.8 Å². The first-order chi connectivity index (χ1) is 7.99. The van der Waals surface area contributed by atoms with Gasteiger partial charge in [0.2, 0.25) is 0 Å². The highest BCUT2D eigenvalue weighted by Gasteiger charge is 2.24. The molecule has 0 heterocycles. The average Bonchev–Trinajstić information content (AvgIpc) is 2.24. The van der Waals surface area contributed by atoms with Gasteiger partial charge in [-0.05, 0) is 26.0 Å². The maximum atomic E-state index is 13.5. The summed E-state index contributed by atoms with van der Waals surface area (Å²) in [5.74, 6) is -1.78. The van der Waals surface area contributed by atoms with Crippen molar-refractivity contribution in [2.75, 3.05) is 13.2 Å². The summed E-state index contributed by atoms with van der Waals surface area (Å²) in [4.78, 5) is 13.3. The molecule has 0 unspecified atom stereocenters. The predicted octanol–water partition coefficient (Wildman–Crippen LogP) is 1.37. The molecule has 0 aliphatic rings. The molecule has 2 N–H and O–H groups in total. The number of aliphatic hydroxyl groups excluding tert-OH is 1. The number of phenolic OH excluding ortho intramolecular Hbond substituents is 1. The molecule has 0 radical (unpaired) electrons. The largest absolute Gasteiger partial charge is 0.507 e. The second-order valence-electron chi connectivity index (χ2n) is 3.95. The minimum atomic E-state index is -0.765. The van der Waals surface area contributed by atoms with Gasteiger partial charge in [-0.25, -0.2) is 4.39 Å². The highest BCUT2D eigenvalue weighted by molar-refractivity contribution is 5.97. The van der Waals surface area contributed by atoms with Crippen molar-refractivity contribution in [1.82, 2.24) is 4.90 Å². The first kappa shape index (κ1) is 13.4. The molecule has 1 rings (SSSR count). The van der Waals surface area contributed by atoms with Crippen LogP contribution in [0.1, 0.15) is 24.2 Å². The number of halogens is 1. The van der Waals surface area contributed by atoms with Crippen LogP contribution in [0.4, 0.5) is 4.39 Å². The monoisotopic (exact) mass is 241 g/mol. The lowest BCUT2D eigenvalue weighted by Crippen LogP contribution is -2.39. The highest BCUT2D eigenvalue weighted by atomic mass is 19.1. The molecule has 1 aromatic rings. The molecular formula is C12H16FNO3. The minimum Gasteiger partial charge on any atom is -0.507 e. The summed E-state index contributed by atoms with van der Waals surface area (Å²) in [7, 11) is 0. The molecule has 0 spiro atoms. The normalized spacial score (nSPS) is 10.6. The first-order valence-corrected chi connectivity index (χ1v) is 5.38. The molecule has 0 bridgehead atoms. The molecule has 0 aliphatic carbocycles. The van der Waals surface area contributed by atoms with Gasteiger partial charge in [-0.2, -0.15) is 0 Å². The van der Waals surface area contributed by atoms with Crippen molar-refractivity contribution in [2.24, 2.45) is 0 Å². The Morgan fingerprint density at radius 3 is 2.59 bits per heavy atom. The van der Waals surface area contributed by atoms with Gasteiger partial charge in [-0.1, -0.05) is 6.07 Å². The molecule has 4 nitrogen and oxygen atoms in total. The van der Waals surface area contributed by atoms with Crippen LogP contribution in [0, 0.1) is 5.82 Å². The van der Waals surface area contributed by atoms with Crippen LogP contribution in [0.25, 0.3) is 0 Å². The van der Waals surface area contributed by atoms with E-state index in [1.807, 2.05) is 0 Å². The smallest absolute Gasteiger partial charge is 0.260 e. The van der Waals surface area contributed by atoms with Gasteiger partial charge in [0, 0.05) is 12.6 Å². The van der Waals surface area contributed by atoms with Gasteiger partial charge in [-0.15, -0.1) is 0 Å². The summed E-state index contributed by atoms with van der Waals surface area (Å²) in [5.41, 5.74) is -0.352. The zero-order chi connectivity index (χ0) is 13.0. The number of aliphatic hydroxyl groups is 1. The Morgan fingerprint density at radius 1 is 1.47 bits per heavy atom. The Hall–Kier alpha value is -1.62. The number of hydrogen-bond acceptors (Lipinski definition) is 3. The van der Waals surface area contributed by atoms with Crippen molar-refractivity contribution < 1.29 is 19.4 Å². The Bertz CT molecular complexity index is 386. The SMILES string of the molecule is CC(C)N(CCO)C(=O)c1c(O)cccc1F. The summed E-state index contributed by atoms with van der Waals surface area (Å²) in [6, 6.07) is 3.51. The van der Waals surface area contributed by atoms with Crippen LogP contribution in [-0.2, 0) is 0 Å². The number of rotatable bonds is 4. The fraction of sp³-hybridized carbons (Fsp3) is 0.417. The molecule has 1 amide bonds. The third-order valence-corrected chi connectivity index (χ3v) is 2.43. The van der Waals surface area contributed by atoms with Crippen LogP contribution in [0.2, 0.25) is 0 Å². The van der Waals surface area contributed by atoms with E-state index in [2.05, 4.69) is 0 Å². The fourth-order valence-corrected chi connectivity index (χ4v) is 1.57. The van der Waals surface area contributed by atoms with Crippen LogP contribution in [0.3, 0.4) is 0 Å². The molecule has 0 fully saturated rings. The van der Waals surface area contributed by atoms with Gasteiger partial charge in [-0.3, -0.25) is 4.79 Å². The van der Waals surface area contributed by atoms with Crippen molar-refractivity contribution >= 4 is 5.91 Å². The summed E-state index contributed by atoms with van der Waals surface area (Å²) in [5, 5.41) is 18.4. The molecule has 0 aliphatic heterocycles. The maximum absolute atomic E-state index is 13.5. The Balaban J connectivity index is 3.09. The molecule has 0 atom stereocenters. The van der Waals surface area contributed by atoms with E-state index >= 15 is 0 Å². The second kappa shape index (κ2) is 5.63. The highest BCUT2D eigenvalue weighted by Crippen LogP contribution is 2.22. The van der Waals surface area contributed by atoms with Crippen LogP contribution in [0.5, 0.6) is 5.75 Å². The van der Waals surface area contributed by atoms with Crippen molar-refractivity contribution in [3.8, 4) is 5.75 Å². The van der Waals surface area contributed by atoms with E-state index in [-0.39, 0.29) is 24.8 Å². The summed E-state index contributed by atoms with van der Waals surface area (Å²) < 4.78 is 13.5. The Labute approximate surface area is 99.3 Å². The zero-order valence-corrected chi connectivity index (χ0v) is 9.85. The average molecular weight is 241 g/mol. The number of hydrogen-bond donors (Lipinski definition) is 2. The summed E-state index contributed by atoms with van der Waals surface area (Å²) in [6.45, 7) is 3.40. The molecule has 0 saturated carbocycles. The van der Waals surface area contributed by atoms with Gasteiger partial charge in [0.25, 0.3) is 5.91 Å². The van der Waals surface area contributed by atoms with E-state index in [0.717, 1.165) is 6.07 Å². The van der Waals surface area contributed by atoms with Gasteiger partial charge in [0.15, 0.2) is 0 Å². The van der Waals surface area contributed by atoms with Gasteiger partial charge in [0.1, 0.15) is 17.1 Å². The lowest BCUT2D eigenvalue weighted by Gasteiger charge is -2.26. The third-order valence-electron chi connectivity index (χ3n) is 2.43. The lowest BCUT2D eigenvalue weighted by molar-refractivity contribution is 0.0657. The molecule has 17 heavy (non-hydrogen) atoms. The van der Waals surface area contributed by atoms with Gasteiger partial charge < -0.3 is 15.1 Å². The van der Waals surface area contributed by atoms with Crippen LogP contribution >= 0.6 is 0 Å². The van der Waals surface area contributed by atoms with Crippen molar-refractivity contribution in [1.29, 1.82) is 0 Å². The number of carbonyl (C=O) groups excluding carboxylic acids is 1. The van der Waals surface area contributed by atoms with Crippen molar-refractivity contribution in [3.05, 3.63) is 29.6 Å². The molecule has 94 valence electrons. The summed E-state index contributed by atoms with van der Waals surface area (Å²) >= 11 is 0. The molecule has 5 heteroatoms. The zero-order valence-electron chi connectivity index (χ0n) is 9.85. The Morgan fingerprint density at radius 2 is 2.12 bits per heavy atom. The van der Waals surface area contributed by atoms with Crippen LogP contribution < -0.4 is 0 Å². The number of aromatic hydroxyl groups is 1. The van der Waals surface area contributed by atoms with E-state index < -0.39 is 17.5 Å². The van der Waals surface area contributed by atoms with Crippen LogP contribution in [-0.4, -0.2) is 40.2 Å². The van der Waals surface area contributed by atoms with E-state index in [0.29, 0.717) is 0 Å². The van der Waals surface area contributed by atoms with Crippen molar-refractivity contribution in [3.63, 3.8) is 0 Å². The number of amides is 1. The number of benzene rings is 1. The molecular weight excluding hydrogens is 225 g/mol. The van der Waals surface area contributed by atoms with E-state index in [4.69, 9.17) is 5.11 Å². The lowest BCUT2D eigenvalue weighted by atomic mass is 10.1. The standard InChI is InChI=1S/C12H16FNO3/c1-8(2)14(6-7-15)12(17)11-9(13)4-3-5-10(11)16/h3-5,8,15-16H,6-7H2,1-2H3. The third kappa shape index (κ3) is 2.94. The quantitative estimate of drug-likeness (QED) is 0.837. The van der Waals surface area contributed by atoms with Gasteiger partial charge >= 0.3 is 0 Å². The number of phenols is 1. The van der Waals surface area contributed by atoms with E-state index in [9.17, 15) is 14.3 Å². The number of carbonyl (C=O) groups is 1. The van der Waals surface area contributed by atoms with Gasteiger partial charge in [0.05, 0.1) is 6.61 Å². The predicted molar refractivity (Wildman–Crippen MR) is 61.3 cm³/mol. The molecule has 0 saturated heterocycles. The molecule has 1 aromatic carbocycles. The topological polar surface area (TPSA) is 60.8 Å². The minimum absolute atomic E-state index is 0.101. The summed E-state index contributed by atoms with van der Waals surface area (Å²) in [6.07, 6.45) is 0. The number of nitrogens with zero attached hydrogens (tertiary/aromatic N) is 1. The first-order valence-electron chi connectivity index (χ1n) is 5.38. The Kier molecular flexibility index (Phi) is 4.45. The van der Waals surface area contributed by atoms with Crippen molar-refractivity contribution in [2.45, 2.75) is 19.9 Å². The van der Waals surface area contributed by atoms with E-state index in [1.165, 1.54) is 17.0 Å². The molecule has 0 aromatic heterocycles. The fourth-order valence-electron chi connectivity index (χ4n) is 1.57. The maximum Gasteiger partial charge on any atom is 0.260 e.